The molecule has 70 valence electrons. The summed E-state index contributed by atoms with van der Waals surface area (Å²) in [5.74, 6) is 1.02. The zero-order valence-electron chi connectivity index (χ0n) is 7.72. The van der Waals surface area contributed by atoms with Gasteiger partial charge in [0.15, 0.2) is 0 Å². The third-order valence-electron chi connectivity index (χ3n) is 2.86. The zero-order valence-corrected chi connectivity index (χ0v) is 7.72. The van der Waals surface area contributed by atoms with Gasteiger partial charge >= 0.3 is 0 Å². The fourth-order valence-electron chi connectivity index (χ4n) is 1.77. The van der Waals surface area contributed by atoms with Crippen LogP contribution in [-0.4, -0.2) is 25.8 Å². The quantitative estimate of drug-likeness (QED) is 0.689. The van der Waals surface area contributed by atoms with Crippen LogP contribution in [0.15, 0.2) is 0 Å². The summed E-state index contributed by atoms with van der Waals surface area (Å²) in [6.45, 7) is 3.30. The van der Waals surface area contributed by atoms with Gasteiger partial charge in [0, 0.05) is 6.61 Å². The fourth-order valence-corrected chi connectivity index (χ4v) is 1.77. The first kappa shape index (κ1) is 8.52. The smallest absolute Gasteiger partial charge is 0.0599 e. The van der Waals surface area contributed by atoms with Crippen LogP contribution >= 0.6 is 0 Å². The normalized spacial score (nSPS) is 26.0. The lowest BCUT2D eigenvalue weighted by atomic mass is 10.1. The van der Waals surface area contributed by atoms with Crippen molar-refractivity contribution in [1.82, 2.24) is 5.32 Å². The van der Waals surface area contributed by atoms with Crippen molar-refractivity contribution in [1.29, 1.82) is 0 Å². The Morgan fingerprint density at radius 2 is 1.83 bits per heavy atom. The molecular formula is C10H19NO. The van der Waals surface area contributed by atoms with E-state index in [9.17, 15) is 0 Å². The van der Waals surface area contributed by atoms with Crippen molar-refractivity contribution >= 4 is 0 Å². The Bertz CT molecular complexity index is 128. The molecule has 0 radical (unpaired) electrons. The average molecular weight is 169 g/mol. The van der Waals surface area contributed by atoms with E-state index in [0.717, 1.165) is 25.6 Å². The van der Waals surface area contributed by atoms with E-state index in [2.05, 4.69) is 5.32 Å². The second-order valence-corrected chi connectivity index (χ2v) is 4.05. The van der Waals surface area contributed by atoms with E-state index in [1.807, 2.05) is 0 Å². The molecule has 0 unspecified atom stereocenters. The van der Waals surface area contributed by atoms with Crippen LogP contribution in [0.25, 0.3) is 0 Å². The molecule has 2 fully saturated rings. The van der Waals surface area contributed by atoms with E-state index in [-0.39, 0.29) is 0 Å². The van der Waals surface area contributed by atoms with Crippen LogP contribution in [0.2, 0.25) is 0 Å². The number of nitrogens with one attached hydrogen (secondary N) is 1. The van der Waals surface area contributed by atoms with Crippen LogP contribution in [0.1, 0.15) is 32.1 Å². The molecule has 2 nitrogen and oxygen atoms in total. The van der Waals surface area contributed by atoms with E-state index >= 15 is 0 Å². The number of hydrogen-bond acceptors (Lipinski definition) is 2. The average Bonchev–Trinajstić information content (AvgIpc) is 2.90. The van der Waals surface area contributed by atoms with Crippen molar-refractivity contribution in [3.8, 4) is 0 Å². The van der Waals surface area contributed by atoms with Gasteiger partial charge in [0.05, 0.1) is 6.10 Å². The zero-order chi connectivity index (χ0) is 8.23. The van der Waals surface area contributed by atoms with Crippen molar-refractivity contribution < 1.29 is 4.74 Å². The predicted octanol–water partition coefficient (Wildman–Crippen LogP) is 1.56. The van der Waals surface area contributed by atoms with Gasteiger partial charge in [0.1, 0.15) is 0 Å². The lowest BCUT2D eigenvalue weighted by Crippen LogP contribution is -2.32. The summed E-state index contributed by atoms with van der Waals surface area (Å²) in [6, 6.07) is 0. The molecule has 1 saturated heterocycles. The summed E-state index contributed by atoms with van der Waals surface area (Å²) in [5.41, 5.74) is 0. The van der Waals surface area contributed by atoms with E-state index in [0.29, 0.717) is 6.10 Å². The molecule has 0 amide bonds. The Morgan fingerprint density at radius 1 is 1.08 bits per heavy atom. The van der Waals surface area contributed by atoms with E-state index < -0.39 is 0 Å². The molecule has 1 aliphatic heterocycles. The highest BCUT2D eigenvalue weighted by molar-refractivity contribution is 4.73. The predicted molar refractivity (Wildman–Crippen MR) is 49.2 cm³/mol. The van der Waals surface area contributed by atoms with Gasteiger partial charge in [0.2, 0.25) is 0 Å². The Hall–Kier alpha value is -0.0800. The lowest BCUT2D eigenvalue weighted by molar-refractivity contribution is 0.0296. The number of piperidine rings is 1. The van der Waals surface area contributed by atoms with E-state index in [1.165, 1.54) is 32.1 Å². The van der Waals surface area contributed by atoms with Crippen molar-refractivity contribution in [3.63, 3.8) is 0 Å². The highest BCUT2D eigenvalue weighted by Gasteiger charge is 2.21. The Morgan fingerprint density at radius 3 is 2.50 bits per heavy atom. The second-order valence-electron chi connectivity index (χ2n) is 4.05. The molecule has 0 aromatic carbocycles. The molecule has 0 bridgehead atoms. The molecule has 1 heterocycles. The minimum absolute atomic E-state index is 0.560. The van der Waals surface area contributed by atoms with Gasteiger partial charge in [-0.25, -0.2) is 0 Å². The van der Waals surface area contributed by atoms with Gasteiger partial charge in [-0.2, -0.15) is 0 Å². The molecule has 0 spiro atoms. The minimum atomic E-state index is 0.560. The van der Waals surface area contributed by atoms with Gasteiger partial charge in [-0.15, -0.1) is 0 Å². The number of ether oxygens (including phenoxy) is 1. The molecule has 12 heavy (non-hydrogen) atoms. The molecule has 0 aromatic rings. The minimum Gasteiger partial charge on any atom is -0.378 e. The maximum absolute atomic E-state index is 5.79. The molecule has 1 saturated carbocycles. The van der Waals surface area contributed by atoms with Gasteiger partial charge in [-0.1, -0.05) is 12.8 Å². The number of rotatable bonds is 4. The summed E-state index contributed by atoms with van der Waals surface area (Å²) in [6.07, 6.45) is 7.20. The molecule has 1 N–H and O–H groups in total. The monoisotopic (exact) mass is 169 g/mol. The fraction of sp³-hybridized carbons (Fsp3) is 1.00. The van der Waals surface area contributed by atoms with Crippen molar-refractivity contribution in [2.45, 2.75) is 38.2 Å². The lowest BCUT2D eigenvalue weighted by Gasteiger charge is -2.22. The van der Waals surface area contributed by atoms with Crippen LogP contribution in [0, 0.1) is 5.92 Å². The summed E-state index contributed by atoms with van der Waals surface area (Å²) in [5, 5.41) is 3.35. The molecule has 0 atom stereocenters. The van der Waals surface area contributed by atoms with Crippen LogP contribution in [0.5, 0.6) is 0 Å². The van der Waals surface area contributed by atoms with E-state index in [1.54, 1.807) is 0 Å². The third-order valence-corrected chi connectivity index (χ3v) is 2.86. The maximum Gasteiger partial charge on any atom is 0.0599 e. The highest BCUT2D eigenvalue weighted by Crippen LogP contribution is 2.32. The molecule has 0 aromatic heterocycles. The molecule has 2 aliphatic rings. The summed E-state index contributed by atoms with van der Waals surface area (Å²) >= 11 is 0. The SMILES string of the molecule is C1CC(OCCC2CC2)CCN1. The van der Waals surface area contributed by atoms with Crippen LogP contribution in [0.3, 0.4) is 0 Å². The summed E-state index contributed by atoms with van der Waals surface area (Å²) < 4.78 is 5.79. The Balaban J connectivity index is 1.52. The van der Waals surface area contributed by atoms with Crippen LogP contribution in [-0.2, 0) is 4.74 Å². The van der Waals surface area contributed by atoms with Crippen molar-refractivity contribution in [2.24, 2.45) is 5.92 Å². The van der Waals surface area contributed by atoms with Crippen molar-refractivity contribution in [3.05, 3.63) is 0 Å². The standard InChI is InChI=1S/C10H19NO/c1-2-9(1)5-8-12-10-3-6-11-7-4-10/h9-11H,1-8H2. The first-order valence-corrected chi connectivity index (χ1v) is 5.27. The van der Waals surface area contributed by atoms with E-state index in [4.69, 9.17) is 4.74 Å². The van der Waals surface area contributed by atoms with Gasteiger partial charge in [-0.05, 0) is 38.3 Å². The Kier molecular flexibility index (Phi) is 3.01. The second kappa shape index (κ2) is 4.24. The molecule has 2 heteroatoms. The Labute approximate surface area is 74.7 Å². The van der Waals surface area contributed by atoms with Gasteiger partial charge in [-0.3, -0.25) is 0 Å². The van der Waals surface area contributed by atoms with Gasteiger partial charge < -0.3 is 10.1 Å². The van der Waals surface area contributed by atoms with Crippen molar-refractivity contribution in [2.75, 3.05) is 19.7 Å². The molecule has 1 aliphatic carbocycles. The highest BCUT2D eigenvalue weighted by atomic mass is 16.5. The van der Waals surface area contributed by atoms with Crippen LogP contribution in [0.4, 0.5) is 0 Å². The summed E-state index contributed by atoms with van der Waals surface area (Å²) in [7, 11) is 0. The largest absolute Gasteiger partial charge is 0.378 e. The number of hydrogen-bond donors (Lipinski definition) is 1. The first-order valence-electron chi connectivity index (χ1n) is 5.27. The van der Waals surface area contributed by atoms with Gasteiger partial charge in [0.25, 0.3) is 0 Å². The molecular weight excluding hydrogens is 150 g/mol. The maximum atomic E-state index is 5.79. The third kappa shape index (κ3) is 2.76. The van der Waals surface area contributed by atoms with Crippen LogP contribution < -0.4 is 5.32 Å². The first-order chi connectivity index (χ1) is 5.95. The molecule has 2 rings (SSSR count). The topological polar surface area (TPSA) is 21.3 Å². The summed E-state index contributed by atoms with van der Waals surface area (Å²) in [4.78, 5) is 0.